The Hall–Kier alpha value is -7.72. The molecule has 3 aliphatic carbocycles. The first kappa shape index (κ1) is 37.8. The number of hydrogen-bond donors (Lipinski definition) is 0. The van der Waals surface area contributed by atoms with Gasteiger partial charge in [-0.3, -0.25) is 0 Å². The molecule has 0 amide bonds. The van der Waals surface area contributed by atoms with E-state index in [1.807, 2.05) is 11.3 Å². The third-order valence-electron chi connectivity index (χ3n) is 13.6. The fourth-order valence-corrected chi connectivity index (χ4v) is 11.6. The van der Waals surface area contributed by atoms with Gasteiger partial charge in [0.1, 0.15) is 11.2 Å². The van der Waals surface area contributed by atoms with Crippen molar-refractivity contribution in [3.05, 3.63) is 235 Å². The van der Waals surface area contributed by atoms with Crippen LogP contribution in [0.15, 0.2) is 223 Å². The van der Waals surface area contributed by atoms with E-state index in [2.05, 4.69) is 229 Å². The zero-order valence-corrected chi connectivity index (χ0v) is 36.5. The Kier molecular flexibility index (Phi) is 9.02. The number of allylic oxidation sites excluding steroid dienone is 9. The fourth-order valence-electron chi connectivity index (χ4n) is 10.5. The summed E-state index contributed by atoms with van der Waals surface area (Å²) >= 11 is 1.88. The van der Waals surface area contributed by atoms with Crippen LogP contribution in [0, 0.1) is 5.92 Å². The van der Waals surface area contributed by atoms with E-state index in [0.29, 0.717) is 11.8 Å². The maximum Gasteiger partial charge on any atom is 0.145 e. The molecule has 2 aromatic heterocycles. The van der Waals surface area contributed by atoms with Gasteiger partial charge in [-0.2, -0.15) is 0 Å². The van der Waals surface area contributed by atoms with Gasteiger partial charge in [-0.25, -0.2) is 0 Å². The van der Waals surface area contributed by atoms with Crippen molar-refractivity contribution in [3.63, 3.8) is 0 Å². The summed E-state index contributed by atoms with van der Waals surface area (Å²) < 4.78 is 9.68. The van der Waals surface area contributed by atoms with Crippen molar-refractivity contribution in [1.29, 1.82) is 0 Å². The van der Waals surface area contributed by atoms with Crippen molar-refractivity contribution in [2.24, 2.45) is 5.92 Å². The lowest BCUT2D eigenvalue weighted by Crippen LogP contribution is -2.13. The zero-order chi connectivity index (χ0) is 42.8. The van der Waals surface area contributed by atoms with Crippen molar-refractivity contribution in [1.82, 2.24) is 0 Å². The predicted octanol–water partition coefficient (Wildman–Crippen LogP) is 18.0. The number of thiophene rings is 1. The van der Waals surface area contributed by atoms with Crippen molar-refractivity contribution >= 4 is 82.2 Å². The second-order valence-corrected chi connectivity index (χ2v) is 18.5. The molecule has 2 nitrogen and oxygen atoms in total. The van der Waals surface area contributed by atoms with Gasteiger partial charge in [0.05, 0.1) is 16.8 Å². The summed E-state index contributed by atoms with van der Waals surface area (Å²) in [5.74, 6) is 0.811. The third kappa shape index (κ3) is 6.45. The Morgan fingerprint density at radius 3 is 2.11 bits per heavy atom. The van der Waals surface area contributed by atoms with Gasteiger partial charge < -0.3 is 9.32 Å². The van der Waals surface area contributed by atoms with Gasteiger partial charge in [0.25, 0.3) is 0 Å². The smallest absolute Gasteiger partial charge is 0.145 e. The number of nitrogens with zero attached hydrogens (tertiary/aromatic N) is 1. The summed E-state index contributed by atoms with van der Waals surface area (Å²) in [6, 6.07) is 62.5. The highest BCUT2D eigenvalue weighted by Gasteiger charge is 2.27. The van der Waals surface area contributed by atoms with E-state index in [1.165, 1.54) is 53.6 Å². The van der Waals surface area contributed by atoms with E-state index >= 15 is 0 Å². The molecule has 13 rings (SSSR count). The molecule has 0 aliphatic heterocycles. The summed E-state index contributed by atoms with van der Waals surface area (Å²) in [5.41, 5.74) is 17.1. The minimum absolute atomic E-state index is 0.389. The molecule has 0 spiro atoms. The number of fused-ring (bicyclic) bond motifs is 9. The summed E-state index contributed by atoms with van der Waals surface area (Å²) in [6.07, 6.45) is 22.8. The maximum atomic E-state index is 7.12. The molecular formula is C62H43NOS. The maximum absolute atomic E-state index is 7.12. The van der Waals surface area contributed by atoms with E-state index < -0.39 is 0 Å². The van der Waals surface area contributed by atoms with Crippen molar-refractivity contribution in [3.8, 4) is 33.4 Å². The number of anilines is 3. The normalized spacial score (nSPS) is 16.3. The minimum Gasteiger partial charge on any atom is -0.455 e. The Morgan fingerprint density at radius 1 is 0.508 bits per heavy atom. The van der Waals surface area contributed by atoms with E-state index in [4.69, 9.17) is 4.42 Å². The molecule has 0 radical (unpaired) electrons. The molecule has 0 saturated carbocycles. The highest BCUT2D eigenvalue weighted by Crippen LogP contribution is 2.51. The second kappa shape index (κ2) is 15.5. The number of benzene rings is 8. The van der Waals surface area contributed by atoms with Crippen LogP contribution >= 0.6 is 11.3 Å². The van der Waals surface area contributed by atoms with Crippen LogP contribution in [0.4, 0.5) is 17.1 Å². The highest BCUT2D eigenvalue weighted by atomic mass is 32.1. The predicted molar refractivity (Wildman–Crippen MR) is 277 cm³/mol. The Morgan fingerprint density at radius 2 is 1.26 bits per heavy atom. The van der Waals surface area contributed by atoms with Crippen LogP contribution in [0.2, 0.25) is 0 Å². The SMILES string of the molecule is C1=CC2C=Cc3cc(-c4ccc(N(c5cc(C6=CCCC=C6)cc6sc7ccccc7c56)c5ccc(-c6ccccc6)c6oc7cc(-c8ccccc8)ccc7c56)cc4)ccc3C2C=C1. The largest absolute Gasteiger partial charge is 0.455 e. The first-order valence-corrected chi connectivity index (χ1v) is 23.5. The van der Waals surface area contributed by atoms with Gasteiger partial charge in [0, 0.05) is 48.6 Å². The molecule has 0 fully saturated rings. The molecule has 2 unspecified atom stereocenters. The summed E-state index contributed by atoms with van der Waals surface area (Å²) in [4.78, 5) is 2.51. The average molecular weight is 850 g/mol. The van der Waals surface area contributed by atoms with Gasteiger partial charge >= 0.3 is 0 Å². The van der Waals surface area contributed by atoms with E-state index in [0.717, 1.165) is 74.1 Å². The van der Waals surface area contributed by atoms with Crippen molar-refractivity contribution in [2.45, 2.75) is 18.8 Å². The fraction of sp³-hybridized carbons (Fsp3) is 0.0645. The minimum atomic E-state index is 0.389. The lowest BCUT2D eigenvalue weighted by Gasteiger charge is -2.29. The molecule has 0 bridgehead atoms. The Balaban J connectivity index is 1.06. The molecule has 3 heteroatoms. The average Bonchev–Trinajstić information content (AvgIpc) is 3.96. The van der Waals surface area contributed by atoms with Crippen LogP contribution in [0.5, 0.6) is 0 Å². The molecule has 0 saturated heterocycles. The van der Waals surface area contributed by atoms with Gasteiger partial charge in [-0.15, -0.1) is 11.3 Å². The molecular weight excluding hydrogens is 807 g/mol. The van der Waals surface area contributed by atoms with Crippen LogP contribution in [-0.2, 0) is 0 Å². The van der Waals surface area contributed by atoms with Gasteiger partial charge in [-0.05, 0) is 124 Å². The van der Waals surface area contributed by atoms with Gasteiger partial charge in [0.15, 0.2) is 0 Å². The van der Waals surface area contributed by atoms with Crippen LogP contribution in [0.3, 0.4) is 0 Å². The Labute approximate surface area is 382 Å². The van der Waals surface area contributed by atoms with Gasteiger partial charge in [-0.1, -0.05) is 164 Å². The molecule has 0 N–H and O–H groups in total. The molecule has 10 aromatic rings. The Bertz CT molecular complexity index is 3650. The van der Waals surface area contributed by atoms with E-state index in [-0.39, 0.29) is 0 Å². The molecule has 8 aromatic carbocycles. The lowest BCUT2D eigenvalue weighted by atomic mass is 9.76. The molecule has 2 atom stereocenters. The van der Waals surface area contributed by atoms with Crippen LogP contribution < -0.4 is 4.90 Å². The standard InChI is InChI=1S/C62H43NOS/c1-4-14-40(15-5-1)46-29-33-53-57(38-46)64-62-52(43-18-8-3-9-19-43)34-35-55(61(53)62)63(56-37-48(41-16-6-2-7-17-41)39-59-60(56)54-22-12-13-23-58(54)65-59)49-30-26-42(27-31-49)45-28-32-51-47(36-45)25-24-44-20-10-11-21-50(44)51/h1,3-6,8-39,44,50H,2,7H2. The monoisotopic (exact) mass is 849 g/mol. The molecule has 2 heterocycles. The quantitative estimate of drug-likeness (QED) is 0.159. The first-order valence-electron chi connectivity index (χ1n) is 22.7. The van der Waals surface area contributed by atoms with Crippen molar-refractivity contribution in [2.75, 3.05) is 4.90 Å². The highest BCUT2D eigenvalue weighted by molar-refractivity contribution is 7.26. The second-order valence-electron chi connectivity index (χ2n) is 17.4. The summed E-state index contributed by atoms with van der Waals surface area (Å²) in [5, 5.41) is 4.69. The first-order chi connectivity index (χ1) is 32.2. The van der Waals surface area contributed by atoms with Gasteiger partial charge in [0.2, 0.25) is 0 Å². The zero-order valence-electron chi connectivity index (χ0n) is 35.7. The van der Waals surface area contributed by atoms with Crippen LogP contribution in [-0.4, -0.2) is 0 Å². The van der Waals surface area contributed by atoms with Crippen molar-refractivity contribution < 1.29 is 4.42 Å². The number of furan rings is 1. The van der Waals surface area contributed by atoms with Crippen LogP contribution in [0.25, 0.3) is 87.1 Å². The molecule has 65 heavy (non-hydrogen) atoms. The summed E-state index contributed by atoms with van der Waals surface area (Å²) in [6.45, 7) is 0. The number of rotatable bonds is 7. The topological polar surface area (TPSA) is 16.4 Å². The van der Waals surface area contributed by atoms with E-state index in [1.54, 1.807) is 0 Å². The molecule has 3 aliphatic rings. The third-order valence-corrected chi connectivity index (χ3v) is 14.8. The molecule has 308 valence electrons. The van der Waals surface area contributed by atoms with Crippen LogP contribution in [0.1, 0.15) is 35.4 Å². The van der Waals surface area contributed by atoms with E-state index in [9.17, 15) is 0 Å². The number of hydrogen-bond acceptors (Lipinski definition) is 3. The summed E-state index contributed by atoms with van der Waals surface area (Å²) in [7, 11) is 0. The lowest BCUT2D eigenvalue weighted by molar-refractivity contribution is 0.670.